The van der Waals surface area contributed by atoms with Crippen LogP contribution in [0.15, 0.2) is 54.6 Å². The summed E-state index contributed by atoms with van der Waals surface area (Å²) in [7, 11) is 0. The van der Waals surface area contributed by atoms with Crippen molar-refractivity contribution in [1.29, 1.82) is 0 Å². The third-order valence-corrected chi connectivity index (χ3v) is 7.78. The lowest BCUT2D eigenvalue weighted by molar-refractivity contribution is -0.124. The monoisotopic (exact) mass is 413 g/mol. The minimum atomic E-state index is -0.164. The summed E-state index contributed by atoms with van der Waals surface area (Å²) in [5.41, 5.74) is 2.96. The van der Waals surface area contributed by atoms with Crippen molar-refractivity contribution in [2.45, 2.75) is 33.1 Å². The molecule has 0 radical (unpaired) electrons. The minimum Gasteiger partial charge on any atom is -0.457 e. The lowest BCUT2D eigenvalue weighted by atomic mass is 9.63. The van der Waals surface area contributed by atoms with Gasteiger partial charge in [0.15, 0.2) is 0 Å². The van der Waals surface area contributed by atoms with Crippen molar-refractivity contribution >= 4 is 17.5 Å². The molecule has 2 aromatic carbocycles. The van der Waals surface area contributed by atoms with Crippen molar-refractivity contribution < 1.29 is 14.3 Å². The number of allylic oxidation sites excluding steroid dienone is 2. The highest BCUT2D eigenvalue weighted by atomic mass is 16.5. The van der Waals surface area contributed by atoms with E-state index in [0.29, 0.717) is 29.2 Å². The molecular weight excluding hydrogens is 386 g/mol. The van der Waals surface area contributed by atoms with Crippen LogP contribution in [0.25, 0.3) is 0 Å². The Bertz CT molecular complexity index is 1080. The smallest absolute Gasteiger partial charge is 0.238 e. The number of imide groups is 1. The molecule has 1 aliphatic heterocycles. The van der Waals surface area contributed by atoms with E-state index >= 15 is 0 Å². The molecular formula is C27H27NO3. The molecule has 3 fully saturated rings. The third kappa shape index (κ3) is 2.73. The Balaban J connectivity index is 1.26. The van der Waals surface area contributed by atoms with E-state index in [1.165, 1.54) is 11.3 Å². The molecule has 1 heterocycles. The number of carbonyl (C=O) groups excluding carboxylic acids is 2. The van der Waals surface area contributed by atoms with Crippen LogP contribution in [0, 0.1) is 42.4 Å². The van der Waals surface area contributed by atoms with Crippen LogP contribution < -0.4 is 9.64 Å². The van der Waals surface area contributed by atoms with Gasteiger partial charge < -0.3 is 4.74 Å². The number of nitrogens with zero attached hydrogens (tertiary/aromatic N) is 1. The van der Waals surface area contributed by atoms with Gasteiger partial charge in [-0.3, -0.25) is 14.5 Å². The first kappa shape index (κ1) is 18.9. The molecule has 6 atom stereocenters. The maximum atomic E-state index is 13.3. The van der Waals surface area contributed by atoms with Crippen molar-refractivity contribution in [2.75, 3.05) is 4.90 Å². The van der Waals surface area contributed by atoms with Crippen LogP contribution in [0.4, 0.5) is 5.69 Å². The first-order chi connectivity index (χ1) is 14.9. The van der Waals surface area contributed by atoms with E-state index in [-0.39, 0.29) is 35.5 Å². The summed E-state index contributed by atoms with van der Waals surface area (Å²) in [4.78, 5) is 28.0. The van der Waals surface area contributed by atoms with Gasteiger partial charge in [0.2, 0.25) is 11.8 Å². The summed E-state index contributed by atoms with van der Waals surface area (Å²) in [6.07, 6.45) is 5.60. The van der Waals surface area contributed by atoms with Gasteiger partial charge in [0, 0.05) is 0 Å². The zero-order valence-electron chi connectivity index (χ0n) is 18.1. The normalized spacial score (nSPS) is 32.5. The number of ether oxygens (including phenoxy) is 1. The number of carbonyl (C=O) groups is 2. The lowest BCUT2D eigenvalue weighted by Gasteiger charge is -2.37. The topological polar surface area (TPSA) is 46.6 Å². The largest absolute Gasteiger partial charge is 0.457 e. The summed E-state index contributed by atoms with van der Waals surface area (Å²) in [6, 6.07) is 13.6. The fourth-order valence-corrected chi connectivity index (χ4v) is 6.21. The first-order valence-corrected chi connectivity index (χ1v) is 11.4. The SMILES string of the molecule is Cc1ccc(C(C)C)c(Oc2ccc(N3C(=O)[C@@H]4[C@H]5C=C[C@H]([C@H]6C[C@H]56)[C@@H]4C3=O)cc2)c1. The van der Waals surface area contributed by atoms with Crippen LogP contribution in [0.5, 0.6) is 11.5 Å². The van der Waals surface area contributed by atoms with E-state index in [0.717, 1.165) is 16.9 Å². The van der Waals surface area contributed by atoms with Crippen molar-refractivity contribution in [2.24, 2.45) is 35.5 Å². The Hall–Kier alpha value is -2.88. The second-order valence-corrected chi connectivity index (χ2v) is 9.96. The van der Waals surface area contributed by atoms with Gasteiger partial charge in [-0.05, 0) is 84.4 Å². The fraction of sp³-hybridized carbons (Fsp3) is 0.407. The summed E-state index contributed by atoms with van der Waals surface area (Å²) >= 11 is 0. The number of hydrogen-bond acceptors (Lipinski definition) is 3. The predicted octanol–water partition coefficient (Wildman–Crippen LogP) is 5.47. The van der Waals surface area contributed by atoms with E-state index in [2.05, 4.69) is 51.1 Å². The third-order valence-electron chi connectivity index (χ3n) is 7.78. The maximum absolute atomic E-state index is 13.3. The molecule has 7 rings (SSSR count). The van der Waals surface area contributed by atoms with Crippen LogP contribution in [0.1, 0.15) is 37.3 Å². The zero-order chi connectivity index (χ0) is 21.4. The second kappa shape index (κ2) is 6.56. The van der Waals surface area contributed by atoms with Crippen molar-refractivity contribution in [3.8, 4) is 11.5 Å². The molecule has 1 saturated heterocycles. The van der Waals surface area contributed by atoms with E-state index in [4.69, 9.17) is 4.74 Å². The summed E-state index contributed by atoms with van der Waals surface area (Å²) in [5, 5.41) is 0. The van der Waals surface area contributed by atoms with E-state index < -0.39 is 0 Å². The van der Waals surface area contributed by atoms with Gasteiger partial charge in [0.25, 0.3) is 0 Å². The molecule has 4 heteroatoms. The van der Waals surface area contributed by atoms with Crippen LogP contribution in [0.3, 0.4) is 0 Å². The lowest BCUT2D eigenvalue weighted by Crippen LogP contribution is -2.40. The molecule has 2 saturated carbocycles. The highest BCUT2D eigenvalue weighted by Crippen LogP contribution is 2.65. The number of benzene rings is 2. The highest BCUT2D eigenvalue weighted by Gasteiger charge is 2.67. The quantitative estimate of drug-likeness (QED) is 0.493. The maximum Gasteiger partial charge on any atom is 0.238 e. The Morgan fingerprint density at radius 1 is 0.903 bits per heavy atom. The zero-order valence-corrected chi connectivity index (χ0v) is 18.1. The molecule has 0 aromatic heterocycles. The molecule has 0 spiro atoms. The molecule has 4 nitrogen and oxygen atoms in total. The van der Waals surface area contributed by atoms with Crippen LogP contribution in [-0.2, 0) is 9.59 Å². The molecule has 2 bridgehead atoms. The van der Waals surface area contributed by atoms with Crippen LogP contribution >= 0.6 is 0 Å². The average molecular weight is 414 g/mol. The van der Waals surface area contributed by atoms with Gasteiger partial charge >= 0.3 is 0 Å². The van der Waals surface area contributed by atoms with E-state index in [9.17, 15) is 9.59 Å². The van der Waals surface area contributed by atoms with Gasteiger partial charge in [-0.15, -0.1) is 0 Å². The molecule has 158 valence electrons. The van der Waals surface area contributed by atoms with Gasteiger partial charge in [-0.25, -0.2) is 0 Å². The van der Waals surface area contributed by atoms with Crippen LogP contribution in [-0.4, -0.2) is 11.8 Å². The number of anilines is 1. The van der Waals surface area contributed by atoms with Gasteiger partial charge in [-0.2, -0.15) is 0 Å². The summed E-state index contributed by atoms with van der Waals surface area (Å²) < 4.78 is 6.18. The van der Waals surface area contributed by atoms with Gasteiger partial charge in [0.05, 0.1) is 17.5 Å². The van der Waals surface area contributed by atoms with Crippen molar-refractivity contribution in [3.05, 3.63) is 65.7 Å². The fourth-order valence-electron chi connectivity index (χ4n) is 6.21. The first-order valence-electron chi connectivity index (χ1n) is 11.4. The number of aryl methyl sites for hydroxylation is 1. The van der Waals surface area contributed by atoms with E-state index in [1.807, 2.05) is 24.3 Å². The van der Waals surface area contributed by atoms with Crippen molar-refractivity contribution in [1.82, 2.24) is 0 Å². The number of hydrogen-bond donors (Lipinski definition) is 0. The Morgan fingerprint density at radius 2 is 1.52 bits per heavy atom. The highest BCUT2D eigenvalue weighted by molar-refractivity contribution is 6.22. The molecule has 2 amide bonds. The molecule has 0 N–H and O–H groups in total. The number of rotatable bonds is 4. The summed E-state index contributed by atoms with van der Waals surface area (Å²) in [5.74, 6) is 3.28. The predicted molar refractivity (Wildman–Crippen MR) is 119 cm³/mol. The van der Waals surface area contributed by atoms with Crippen molar-refractivity contribution in [3.63, 3.8) is 0 Å². The number of amides is 2. The van der Waals surface area contributed by atoms with Gasteiger partial charge in [0.1, 0.15) is 11.5 Å². The molecule has 31 heavy (non-hydrogen) atoms. The molecule has 0 unspecified atom stereocenters. The summed E-state index contributed by atoms with van der Waals surface area (Å²) in [6.45, 7) is 6.35. The van der Waals surface area contributed by atoms with Crippen LogP contribution in [0.2, 0.25) is 0 Å². The van der Waals surface area contributed by atoms with E-state index in [1.54, 1.807) is 0 Å². The minimum absolute atomic E-state index is 0.0193. The molecule has 5 aliphatic rings. The molecule has 2 aromatic rings. The standard InChI is InChI=1S/C27H27NO3/c1-14(2)18-9-4-15(3)12-23(18)31-17-7-5-16(6-8-17)28-26(29)24-19-10-11-20(22-13-21(19)22)25(24)27(28)30/h4-12,14,19-22,24-25H,13H2,1-3H3/t19-,20+,21-,22-,24+,25-/m1/s1. The Kier molecular flexibility index (Phi) is 3.99. The Morgan fingerprint density at radius 3 is 2.10 bits per heavy atom. The van der Waals surface area contributed by atoms with Gasteiger partial charge in [-0.1, -0.05) is 38.1 Å². The Labute approximate surface area is 182 Å². The molecule has 4 aliphatic carbocycles. The average Bonchev–Trinajstić information content (AvgIpc) is 3.52. The second-order valence-electron chi connectivity index (χ2n) is 9.96.